The van der Waals surface area contributed by atoms with Gasteiger partial charge in [-0.15, -0.1) is 0 Å². The predicted molar refractivity (Wildman–Crippen MR) is 64.7 cm³/mol. The summed E-state index contributed by atoms with van der Waals surface area (Å²) in [5.41, 5.74) is 6.20. The second-order valence-corrected chi connectivity index (χ2v) is 5.63. The Morgan fingerprint density at radius 3 is 2.47 bits per heavy atom. The first-order valence-corrected chi connectivity index (χ1v) is 6.78. The first-order valence-electron chi connectivity index (χ1n) is 4.89. The molecule has 0 bridgehead atoms. The molecule has 0 saturated carbocycles. The second-order valence-electron chi connectivity index (χ2n) is 3.61. The molecule has 17 heavy (non-hydrogen) atoms. The summed E-state index contributed by atoms with van der Waals surface area (Å²) in [6.45, 7) is 0.782. The number of amidine groups is 1. The van der Waals surface area contributed by atoms with E-state index >= 15 is 0 Å². The standard InChI is InChI=1S/C10H15N3O3S/c1-17(15,16)9-4-2-8(3-5-9)6-12-7-10(11)13-14/h2-5,12,14H,6-7H2,1H3,(H2,11,13). The molecule has 4 N–H and O–H groups in total. The van der Waals surface area contributed by atoms with Gasteiger partial charge in [-0.2, -0.15) is 0 Å². The van der Waals surface area contributed by atoms with Gasteiger partial charge in [0.05, 0.1) is 11.4 Å². The summed E-state index contributed by atoms with van der Waals surface area (Å²) >= 11 is 0. The number of nitrogens with two attached hydrogens (primary N) is 1. The molecule has 0 unspecified atom stereocenters. The summed E-state index contributed by atoms with van der Waals surface area (Å²) in [7, 11) is -3.15. The summed E-state index contributed by atoms with van der Waals surface area (Å²) in [6, 6.07) is 6.54. The highest BCUT2D eigenvalue weighted by Gasteiger charge is 2.05. The number of nitrogens with zero attached hydrogens (tertiary/aromatic N) is 1. The largest absolute Gasteiger partial charge is 0.409 e. The van der Waals surface area contributed by atoms with Crippen LogP contribution in [0, 0.1) is 0 Å². The van der Waals surface area contributed by atoms with Crippen LogP contribution in [0.25, 0.3) is 0 Å². The lowest BCUT2D eigenvalue weighted by molar-refractivity contribution is 0.317. The lowest BCUT2D eigenvalue weighted by Gasteiger charge is -2.04. The van der Waals surface area contributed by atoms with Crippen molar-refractivity contribution in [1.29, 1.82) is 0 Å². The van der Waals surface area contributed by atoms with Crippen molar-refractivity contribution in [2.24, 2.45) is 10.9 Å². The Balaban J connectivity index is 2.58. The molecule has 0 heterocycles. The van der Waals surface area contributed by atoms with Crippen molar-refractivity contribution in [3.63, 3.8) is 0 Å². The minimum atomic E-state index is -3.15. The van der Waals surface area contributed by atoms with E-state index in [-0.39, 0.29) is 17.3 Å². The van der Waals surface area contributed by atoms with E-state index in [4.69, 9.17) is 10.9 Å². The van der Waals surface area contributed by atoms with Crippen molar-refractivity contribution in [3.8, 4) is 0 Å². The highest BCUT2D eigenvalue weighted by molar-refractivity contribution is 7.90. The number of sulfone groups is 1. The van der Waals surface area contributed by atoms with Gasteiger partial charge in [-0.1, -0.05) is 17.3 Å². The monoisotopic (exact) mass is 257 g/mol. The summed E-state index contributed by atoms with van der Waals surface area (Å²) in [4.78, 5) is 0.290. The Morgan fingerprint density at radius 2 is 2.00 bits per heavy atom. The Hall–Kier alpha value is -1.60. The molecule has 1 aromatic rings. The maximum absolute atomic E-state index is 11.2. The topological polar surface area (TPSA) is 105 Å². The SMILES string of the molecule is CS(=O)(=O)c1ccc(CNCC(N)=NO)cc1. The van der Waals surface area contributed by atoms with Crippen LogP contribution in [-0.2, 0) is 16.4 Å². The molecule has 0 aromatic heterocycles. The van der Waals surface area contributed by atoms with E-state index in [2.05, 4.69) is 10.5 Å². The number of hydrogen-bond donors (Lipinski definition) is 3. The first-order chi connectivity index (χ1) is 7.93. The van der Waals surface area contributed by atoms with Gasteiger partial charge in [-0.3, -0.25) is 0 Å². The minimum Gasteiger partial charge on any atom is -0.409 e. The molecular weight excluding hydrogens is 242 g/mol. The van der Waals surface area contributed by atoms with Gasteiger partial charge in [0.1, 0.15) is 0 Å². The average Bonchev–Trinajstić information content (AvgIpc) is 2.28. The van der Waals surface area contributed by atoms with Crippen LogP contribution < -0.4 is 11.1 Å². The zero-order valence-corrected chi connectivity index (χ0v) is 10.2. The van der Waals surface area contributed by atoms with Gasteiger partial charge in [0, 0.05) is 12.8 Å². The van der Waals surface area contributed by atoms with Crippen molar-refractivity contribution < 1.29 is 13.6 Å². The van der Waals surface area contributed by atoms with Gasteiger partial charge in [0.2, 0.25) is 0 Å². The number of rotatable bonds is 5. The van der Waals surface area contributed by atoms with Crippen molar-refractivity contribution in [3.05, 3.63) is 29.8 Å². The fraction of sp³-hybridized carbons (Fsp3) is 0.300. The van der Waals surface area contributed by atoms with Crippen LogP contribution in [0.3, 0.4) is 0 Å². The molecular formula is C10H15N3O3S. The summed E-state index contributed by atoms with van der Waals surface area (Å²) < 4.78 is 22.4. The average molecular weight is 257 g/mol. The predicted octanol–water partition coefficient (Wildman–Crippen LogP) is -0.0739. The smallest absolute Gasteiger partial charge is 0.175 e. The van der Waals surface area contributed by atoms with Crippen molar-refractivity contribution in [2.75, 3.05) is 12.8 Å². The third-order valence-electron chi connectivity index (χ3n) is 2.12. The Morgan fingerprint density at radius 1 is 1.41 bits per heavy atom. The van der Waals surface area contributed by atoms with E-state index in [0.29, 0.717) is 6.54 Å². The molecule has 6 nitrogen and oxygen atoms in total. The molecule has 0 aliphatic carbocycles. The Labute approximate surface area is 100 Å². The molecule has 0 aliphatic heterocycles. The Bertz CT molecular complexity index is 494. The summed E-state index contributed by atoms with van der Waals surface area (Å²) in [6.07, 6.45) is 1.17. The van der Waals surface area contributed by atoms with E-state index in [9.17, 15) is 8.42 Å². The Kier molecular flexibility index (Phi) is 4.47. The molecule has 0 fully saturated rings. The van der Waals surface area contributed by atoms with Gasteiger partial charge in [-0.25, -0.2) is 8.42 Å². The van der Waals surface area contributed by atoms with Gasteiger partial charge in [-0.05, 0) is 17.7 Å². The molecule has 0 saturated heterocycles. The third kappa shape index (κ3) is 4.41. The molecule has 7 heteroatoms. The van der Waals surface area contributed by atoms with Gasteiger partial charge in [0.25, 0.3) is 0 Å². The molecule has 0 atom stereocenters. The van der Waals surface area contributed by atoms with E-state index in [1.54, 1.807) is 24.3 Å². The second kappa shape index (κ2) is 5.65. The fourth-order valence-electron chi connectivity index (χ4n) is 1.22. The third-order valence-corrected chi connectivity index (χ3v) is 3.24. The van der Waals surface area contributed by atoms with Crippen LogP contribution in [0.15, 0.2) is 34.3 Å². The summed E-state index contributed by atoms with van der Waals surface area (Å²) in [5, 5.41) is 14.1. The highest BCUT2D eigenvalue weighted by Crippen LogP contribution is 2.09. The van der Waals surface area contributed by atoms with E-state index < -0.39 is 9.84 Å². The molecule has 0 radical (unpaired) electrons. The molecule has 1 aromatic carbocycles. The van der Waals surface area contributed by atoms with Crippen molar-refractivity contribution in [1.82, 2.24) is 5.32 Å². The van der Waals surface area contributed by atoms with Crippen molar-refractivity contribution in [2.45, 2.75) is 11.4 Å². The normalized spacial score (nSPS) is 12.6. The van der Waals surface area contributed by atoms with E-state index in [0.717, 1.165) is 5.56 Å². The van der Waals surface area contributed by atoms with E-state index in [1.807, 2.05) is 0 Å². The minimum absolute atomic E-state index is 0.0951. The van der Waals surface area contributed by atoms with Gasteiger partial charge < -0.3 is 16.3 Å². The molecule has 0 spiro atoms. The molecule has 1 rings (SSSR count). The van der Waals surface area contributed by atoms with Gasteiger partial charge >= 0.3 is 0 Å². The van der Waals surface area contributed by atoms with Crippen LogP contribution >= 0.6 is 0 Å². The van der Waals surface area contributed by atoms with Gasteiger partial charge in [0.15, 0.2) is 15.7 Å². The molecule has 0 aliphatic rings. The molecule has 94 valence electrons. The zero-order valence-electron chi connectivity index (χ0n) is 9.42. The lowest BCUT2D eigenvalue weighted by atomic mass is 10.2. The van der Waals surface area contributed by atoms with Crippen LogP contribution in [-0.4, -0.2) is 32.3 Å². The van der Waals surface area contributed by atoms with Crippen LogP contribution in [0.4, 0.5) is 0 Å². The van der Waals surface area contributed by atoms with Crippen molar-refractivity contribution >= 4 is 15.7 Å². The lowest BCUT2D eigenvalue weighted by Crippen LogP contribution is -2.28. The molecule has 0 amide bonds. The van der Waals surface area contributed by atoms with Crippen LogP contribution in [0.1, 0.15) is 5.56 Å². The zero-order chi connectivity index (χ0) is 12.9. The first kappa shape index (κ1) is 13.5. The van der Waals surface area contributed by atoms with Crippen LogP contribution in [0.5, 0.6) is 0 Å². The fourth-order valence-corrected chi connectivity index (χ4v) is 1.86. The number of hydrogen-bond acceptors (Lipinski definition) is 5. The number of benzene rings is 1. The quantitative estimate of drug-likeness (QED) is 0.296. The maximum atomic E-state index is 11.2. The van der Waals surface area contributed by atoms with E-state index in [1.165, 1.54) is 6.26 Å². The van der Waals surface area contributed by atoms with Crippen LogP contribution in [0.2, 0.25) is 0 Å². The maximum Gasteiger partial charge on any atom is 0.175 e. The number of nitrogens with one attached hydrogen (secondary N) is 1. The number of oxime groups is 1. The highest BCUT2D eigenvalue weighted by atomic mass is 32.2. The summed E-state index contributed by atoms with van der Waals surface area (Å²) in [5.74, 6) is 0.0951.